The van der Waals surface area contributed by atoms with Gasteiger partial charge in [-0.25, -0.2) is 0 Å². The number of rotatable bonds is 8. The van der Waals surface area contributed by atoms with Crippen molar-refractivity contribution in [3.63, 3.8) is 0 Å². The molecule has 2 aromatic rings. The minimum Gasteiger partial charge on any atom is -0.395 e. The summed E-state index contributed by atoms with van der Waals surface area (Å²) in [6, 6.07) is 7.08. The number of para-hydroxylation sites is 1. The Bertz CT molecular complexity index is 840. The third-order valence-electron chi connectivity index (χ3n) is 5.68. The molecule has 0 radical (unpaired) electrons. The van der Waals surface area contributed by atoms with E-state index in [-0.39, 0.29) is 30.9 Å². The molecule has 0 spiro atoms. The van der Waals surface area contributed by atoms with Crippen molar-refractivity contribution in [2.45, 2.75) is 58.5 Å². The molecular weight excluding hydrogens is 368 g/mol. The third-order valence-corrected chi connectivity index (χ3v) is 5.68. The van der Waals surface area contributed by atoms with E-state index in [0.29, 0.717) is 11.6 Å². The SMILES string of the molecule is CC(C)[C@H](NC(=O)c1nn(CC2CCCCC2)c2ccccc12)C(=O)NCCO. The van der Waals surface area contributed by atoms with Gasteiger partial charge in [-0.2, -0.15) is 5.10 Å². The van der Waals surface area contributed by atoms with Crippen LogP contribution in [0, 0.1) is 11.8 Å². The summed E-state index contributed by atoms with van der Waals surface area (Å²) in [4.78, 5) is 25.4. The maximum Gasteiger partial charge on any atom is 0.273 e. The average molecular weight is 401 g/mol. The Balaban J connectivity index is 1.82. The second-order valence-corrected chi connectivity index (χ2v) is 8.26. The van der Waals surface area contributed by atoms with Gasteiger partial charge in [-0.1, -0.05) is 51.3 Å². The highest BCUT2D eigenvalue weighted by molar-refractivity contribution is 6.06. The van der Waals surface area contributed by atoms with Crippen molar-refractivity contribution in [2.75, 3.05) is 13.2 Å². The number of nitrogens with zero attached hydrogens (tertiary/aromatic N) is 2. The van der Waals surface area contributed by atoms with Crippen LogP contribution in [0.3, 0.4) is 0 Å². The Morgan fingerprint density at radius 2 is 1.93 bits per heavy atom. The lowest BCUT2D eigenvalue weighted by Crippen LogP contribution is -2.50. The van der Waals surface area contributed by atoms with Gasteiger partial charge in [0, 0.05) is 18.5 Å². The van der Waals surface area contributed by atoms with Gasteiger partial charge >= 0.3 is 0 Å². The van der Waals surface area contributed by atoms with E-state index in [4.69, 9.17) is 5.11 Å². The third kappa shape index (κ3) is 5.15. The first-order valence-electron chi connectivity index (χ1n) is 10.7. The number of aromatic nitrogens is 2. The molecule has 1 atom stereocenters. The number of carbonyl (C=O) groups is 2. The van der Waals surface area contributed by atoms with E-state index >= 15 is 0 Å². The monoisotopic (exact) mass is 400 g/mol. The smallest absolute Gasteiger partial charge is 0.273 e. The van der Waals surface area contributed by atoms with Gasteiger partial charge in [0.2, 0.25) is 5.91 Å². The van der Waals surface area contributed by atoms with E-state index < -0.39 is 6.04 Å². The molecule has 1 saturated carbocycles. The van der Waals surface area contributed by atoms with Crippen LogP contribution >= 0.6 is 0 Å². The molecule has 3 rings (SSSR count). The van der Waals surface area contributed by atoms with E-state index in [0.717, 1.165) is 17.4 Å². The molecule has 1 heterocycles. The fraction of sp³-hybridized carbons (Fsp3) is 0.591. The topological polar surface area (TPSA) is 96.2 Å². The van der Waals surface area contributed by atoms with Gasteiger partial charge in [-0.3, -0.25) is 14.3 Å². The van der Waals surface area contributed by atoms with Crippen LogP contribution in [-0.2, 0) is 11.3 Å². The maximum absolute atomic E-state index is 13.0. The maximum atomic E-state index is 13.0. The normalized spacial score (nSPS) is 16.1. The van der Waals surface area contributed by atoms with Crippen molar-refractivity contribution in [1.29, 1.82) is 0 Å². The van der Waals surface area contributed by atoms with Crippen molar-refractivity contribution >= 4 is 22.7 Å². The summed E-state index contributed by atoms with van der Waals surface area (Å²) in [7, 11) is 0. The van der Waals surface area contributed by atoms with Gasteiger partial charge in [0.25, 0.3) is 5.91 Å². The Hall–Kier alpha value is -2.41. The van der Waals surface area contributed by atoms with Crippen molar-refractivity contribution in [2.24, 2.45) is 11.8 Å². The molecule has 158 valence electrons. The number of fused-ring (bicyclic) bond motifs is 1. The van der Waals surface area contributed by atoms with Gasteiger partial charge in [0.15, 0.2) is 5.69 Å². The number of hydrogen-bond acceptors (Lipinski definition) is 4. The van der Waals surface area contributed by atoms with Crippen LogP contribution < -0.4 is 10.6 Å². The molecule has 1 fully saturated rings. The molecular formula is C22H32N4O3. The summed E-state index contributed by atoms with van der Waals surface area (Å²) < 4.78 is 1.95. The van der Waals surface area contributed by atoms with E-state index in [2.05, 4.69) is 15.7 Å². The molecule has 7 heteroatoms. The van der Waals surface area contributed by atoms with Gasteiger partial charge in [-0.15, -0.1) is 0 Å². The highest BCUT2D eigenvalue weighted by Gasteiger charge is 2.27. The summed E-state index contributed by atoms with van der Waals surface area (Å²) in [5, 5.41) is 19.9. The predicted molar refractivity (Wildman–Crippen MR) is 112 cm³/mol. The number of amides is 2. The first-order chi connectivity index (χ1) is 14.0. The highest BCUT2D eigenvalue weighted by atomic mass is 16.3. The molecule has 0 saturated heterocycles. The molecule has 3 N–H and O–H groups in total. The zero-order valence-corrected chi connectivity index (χ0v) is 17.4. The Morgan fingerprint density at radius 1 is 1.21 bits per heavy atom. The molecule has 1 aliphatic rings. The van der Waals surface area contributed by atoms with Crippen LogP contribution in [0.5, 0.6) is 0 Å². The first kappa shape index (κ1) is 21.3. The van der Waals surface area contributed by atoms with Crippen LogP contribution in [0.15, 0.2) is 24.3 Å². The minimum atomic E-state index is -0.684. The van der Waals surface area contributed by atoms with Crippen molar-refractivity contribution in [3.8, 4) is 0 Å². The lowest BCUT2D eigenvalue weighted by atomic mass is 9.89. The predicted octanol–water partition coefficient (Wildman–Crippen LogP) is 2.48. The van der Waals surface area contributed by atoms with Crippen LogP contribution in [-0.4, -0.2) is 45.9 Å². The van der Waals surface area contributed by atoms with E-state index in [1.165, 1.54) is 32.1 Å². The molecule has 1 aromatic heterocycles. The van der Waals surface area contributed by atoms with Crippen LogP contribution in [0.25, 0.3) is 10.9 Å². The number of aliphatic hydroxyl groups excluding tert-OH is 1. The fourth-order valence-corrected chi connectivity index (χ4v) is 4.08. The van der Waals surface area contributed by atoms with E-state index in [1.54, 1.807) is 0 Å². The number of carbonyl (C=O) groups excluding carboxylic acids is 2. The molecule has 2 amide bonds. The summed E-state index contributed by atoms with van der Waals surface area (Å²) in [6.45, 7) is 4.60. The van der Waals surface area contributed by atoms with Gasteiger partial charge in [0.05, 0.1) is 12.1 Å². The molecule has 0 aliphatic heterocycles. The molecule has 1 aromatic carbocycles. The lowest BCUT2D eigenvalue weighted by Gasteiger charge is -2.22. The van der Waals surface area contributed by atoms with E-state index in [1.807, 2.05) is 42.8 Å². The molecule has 0 unspecified atom stereocenters. The Kier molecular flexibility index (Phi) is 7.25. The van der Waals surface area contributed by atoms with Crippen LogP contribution in [0.1, 0.15) is 56.4 Å². The van der Waals surface area contributed by atoms with E-state index in [9.17, 15) is 9.59 Å². The van der Waals surface area contributed by atoms with Gasteiger partial charge < -0.3 is 15.7 Å². The fourth-order valence-electron chi connectivity index (χ4n) is 4.08. The van der Waals surface area contributed by atoms with Crippen molar-refractivity contribution in [1.82, 2.24) is 20.4 Å². The summed E-state index contributed by atoms with van der Waals surface area (Å²) >= 11 is 0. The molecule has 0 bridgehead atoms. The zero-order chi connectivity index (χ0) is 20.8. The number of aliphatic hydroxyl groups is 1. The number of benzene rings is 1. The lowest BCUT2D eigenvalue weighted by molar-refractivity contribution is -0.124. The Morgan fingerprint density at radius 3 is 2.62 bits per heavy atom. The molecule has 29 heavy (non-hydrogen) atoms. The molecule has 7 nitrogen and oxygen atoms in total. The van der Waals surface area contributed by atoms with Gasteiger partial charge in [-0.05, 0) is 30.7 Å². The number of nitrogens with one attached hydrogen (secondary N) is 2. The minimum absolute atomic E-state index is 0.0896. The first-order valence-corrected chi connectivity index (χ1v) is 10.7. The molecule has 1 aliphatic carbocycles. The standard InChI is InChI=1S/C22H32N4O3/c1-15(2)19(21(28)23-12-13-27)24-22(29)20-17-10-6-7-11-18(17)26(25-20)14-16-8-4-3-5-9-16/h6-7,10-11,15-16,19,27H,3-5,8-9,12-14H2,1-2H3,(H,23,28)(H,24,29)/t19-/m0/s1. The quantitative estimate of drug-likeness (QED) is 0.634. The Labute approximate surface area is 171 Å². The van der Waals surface area contributed by atoms with Crippen molar-refractivity contribution in [3.05, 3.63) is 30.0 Å². The number of hydrogen-bond donors (Lipinski definition) is 3. The highest BCUT2D eigenvalue weighted by Crippen LogP contribution is 2.27. The van der Waals surface area contributed by atoms with Crippen LogP contribution in [0.2, 0.25) is 0 Å². The van der Waals surface area contributed by atoms with Crippen LogP contribution in [0.4, 0.5) is 0 Å². The van der Waals surface area contributed by atoms with Gasteiger partial charge in [0.1, 0.15) is 6.04 Å². The average Bonchev–Trinajstić information content (AvgIpc) is 3.09. The zero-order valence-electron chi connectivity index (χ0n) is 17.4. The second kappa shape index (κ2) is 9.87. The second-order valence-electron chi connectivity index (χ2n) is 8.26. The largest absolute Gasteiger partial charge is 0.395 e. The summed E-state index contributed by atoms with van der Waals surface area (Å²) in [5.74, 6) is -0.140. The van der Waals surface area contributed by atoms with Crippen molar-refractivity contribution < 1.29 is 14.7 Å². The summed E-state index contributed by atoms with van der Waals surface area (Å²) in [6.07, 6.45) is 6.23. The summed E-state index contributed by atoms with van der Waals surface area (Å²) in [5.41, 5.74) is 1.31.